The number of oxazole rings is 1. The lowest BCUT2D eigenvalue weighted by Gasteiger charge is -2.11. The van der Waals surface area contributed by atoms with Crippen LogP contribution in [0.2, 0.25) is 0 Å². The van der Waals surface area contributed by atoms with E-state index in [0.29, 0.717) is 22.8 Å². The van der Waals surface area contributed by atoms with Crippen LogP contribution in [0.1, 0.15) is 13.8 Å². The second-order valence-corrected chi connectivity index (χ2v) is 5.77. The molecule has 2 N–H and O–H groups in total. The van der Waals surface area contributed by atoms with Crippen molar-refractivity contribution in [3.8, 4) is 11.5 Å². The first kappa shape index (κ1) is 16.6. The number of ether oxygens (including phenoxy) is 1. The number of hydrogen-bond acceptors (Lipinski definition) is 5. The van der Waals surface area contributed by atoms with E-state index in [9.17, 15) is 9.59 Å². The van der Waals surface area contributed by atoms with Gasteiger partial charge in [0.05, 0.1) is 0 Å². The maximum absolute atomic E-state index is 11.7. The Hall–Kier alpha value is -3.29. The van der Waals surface area contributed by atoms with E-state index in [1.807, 2.05) is 13.8 Å². The van der Waals surface area contributed by atoms with Gasteiger partial charge < -0.3 is 19.8 Å². The van der Waals surface area contributed by atoms with Crippen molar-refractivity contribution in [3.05, 3.63) is 47.1 Å². The zero-order valence-electron chi connectivity index (χ0n) is 14.1. The Morgan fingerprint density at radius 2 is 1.96 bits per heavy atom. The molecule has 0 radical (unpaired) electrons. The van der Waals surface area contributed by atoms with E-state index in [-0.39, 0.29) is 17.7 Å². The van der Waals surface area contributed by atoms with E-state index in [0.717, 1.165) is 0 Å². The van der Waals surface area contributed by atoms with Crippen LogP contribution >= 0.6 is 0 Å². The average molecular weight is 342 g/mol. The summed E-state index contributed by atoms with van der Waals surface area (Å²) in [5.74, 6) is 0.420. The highest BCUT2D eigenvalue weighted by Gasteiger charge is 2.13. The van der Waals surface area contributed by atoms with E-state index >= 15 is 0 Å². The van der Waals surface area contributed by atoms with Crippen LogP contribution in [0.25, 0.3) is 11.2 Å². The number of rotatable bonds is 4. The SMILES string of the molecule is CC(C)NC(=O)Nc1ccc(Oc2ccnc3c2oc(=O)n3C)cc1. The predicted octanol–water partition coefficient (Wildman–Crippen LogP) is 2.85. The Morgan fingerprint density at radius 1 is 1.24 bits per heavy atom. The van der Waals surface area contributed by atoms with Gasteiger partial charge in [0.2, 0.25) is 5.58 Å². The van der Waals surface area contributed by atoms with E-state index in [1.54, 1.807) is 43.6 Å². The van der Waals surface area contributed by atoms with Gasteiger partial charge >= 0.3 is 11.8 Å². The van der Waals surface area contributed by atoms with Crippen LogP contribution in [-0.2, 0) is 7.05 Å². The summed E-state index contributed by atoms with van der Waals surface area (Å²) in [5.41, 5.74) is 1.33. The van der Waals surface area contributed by atoms with Crippen molar-refractivity contribution in [3.63, 3.8) is 0 Å². The second-order valence-electron chi connectivity index (χ2n) is 5.77. The highest BCUT2D eigenvalue weighted by atomic mass is 16.5. The minimum absolute atomic E-state index is 0.0530. The number of fused-ring (bicyclic) bond motifs is 1. The van der Waals surface area contributed by atoms with Crippen molar-refractivity contribution in [2.75, 3.05) is 5.32 Å². The van der Waals surface area contributed by atoms with Crippen LogP contribution in [0.4, 0.5) is 10.5 Å². The zero-order chi connectivity index (χ0) is 18.0. The molecular formula is C17H18N4O4. The fourth-order valence-electron chi connectivity index (χ4n) is 2.24. The first-order valence-corrected chi connectivity index (χ1v) is 7.74. The van der Waals surface area contributed by atoms with Gasteiger partial charge in [0.25, 0.3) is 0 Å². The molecule has 0 atom stereocenters. The van der Waals surface area contributed by atoms with Gasteiger partial charge in [-0.3, -0.25) is 4.57 Å². The number of anilines is 1. The molecule has 0 aliphatic heterocycles. The molecule has 3 rings (SSSR count). The van der Waals surface area contributed by atoms with Gasteiger partial charge in [0.1, 0.15) is 5.75 Å². The Kier molecular flexibility index (Phi) is 4.42. The number of nitrogens with one attached hydrogen (secondary N) is 2. The summed E-state index contributed by atoms with van der Waals surface area (Å²) in [7, 11) is 1.58. The van der Waals surface area contributed by atoms with E-state index in [4.69, 9.17) is 9.15 Å². The molecular weight excluding hydrogens is 324 g/mol. The molecule has 2 heterocycles. The molecule has 0 aliphatic rings. The summed E-state index contributed by atoms with van der Waals surface area (Å²) >= 11 is 0. The summed E-state index contributed by atoms with van der Waals surface area (Å²) in [6, 6.07) is 8.25. The van der Waals surface area contributed by atoms with Gasteiger partial charge in [-0.1, -0.05) is 0 Å². The number of carbonyl (C=O) groups is 1. The molecule has 1 aromatic carbocycles. The van der Waals surface area contributed by atoms with Gasteiger partial charge in [-0.2, -0.15) is 0 Å². The number of benzene rings is 1. The van der Waals surface area contributed by atoms with Crippen molar-refractivity contribution in [2.45, 2.75) is 19.9 Å². The van der Waals surface area contributed by atoms with Crippen molar-refractivity contribution < 1.29 is 13.9 Å². The number of aromatic nitrogens is 2. The normalized spacial score (nSPS) is 10.9. The van der Waals surface area contributed by atoms with Crippen LogP contribution in [0.5, 0.6) is 11.5 Å². The summed E-state index contributed by atoms with van der Waals surface area (Å²) in [5, 5.41) is 5.47. The van der Waals surface area contributed by atoms with Crippen molar-refractivity contribution in [1.82, 2.24) is 14.9 Å². The molecule has 2 amide bonds. The third kappa shape index (κ3) is 3.63. The maximum atomic E-state index is 11.7. The molecule has 0 aliphatic carbocycles. The molecule has 0 saturated heterocycles. The molecule has 0 spiro atoms. The number of aryl methyl sites for hydroxylation is 1. The average Bonchev–Trinajstić information content (AvgIpc) is 2.85. The quantitative estimate of drug-likeness (QED) is 0.760. The van der Waals surface area contributed by atoms with Crippen molar-refractivity contribution >= 4 is 22.9 Å². The lowest BCUT2D eigenvalue weighted by Crippen LogP contribution is -2.34. The van der Waals surface area contributed by atoms with E-state index < -0.39 is 5.76 Å². The highest BCUT2D eigenvalue weighted by Crippen LogP contribution is 2.28. The molecule has 0 unspecified atom stereocenters. The molecule has 8 nitrogen and oxygen atoms in total. The molecule has 0 fully saturated rings. The molecule has 2 aromatic heterocycles. The van der Waals surface area contributed by atoms with E-state index in [1.165, 1.54) is 4.57 Å². The number of hydrogen-bond donors (Lipinski definition) is 2. The topological polar surface area (TPSA) is 98.4 Å². The van der Waals surface area contributed by atoms with Gasteiger partial charge in [0.15, 0.2) is 11.4 Å². The first-order valence-electron chi connectivity index (χ1n) is 7.74. The van der Waals surface area contributed by atoms with Gasteiger partial charge in [-0.15, -0.1) is 0 Å². The Bertz CT molecular complexity index is 957. The zero-order valence-corrected chi connectivity index (χ0v) is 14.1. The predicted molar refractivity (Wildman–Crippen MR) is 93.1 cm³/mol. The van der Waals surface area contributed by atoms with Crippen LogP contribution in [0.3, 0.4) is 0 Å². The van der Waals surface area contributed by atoms with Crippen molar-refractivity contribution in [2.24, 2.45) is 7.05 Å². The second kappa shape index (κ2) is 6.68. The number of nitrogens with zero attached hydrogens (tertiary/aromatic N) is 2. The molecule has 3 aromatic rings. The third-order valence-corrected chi connectivity index (χ3v) is 3.39. The van der Waals surface area contributed by atoms with Crippen LogP contribution in [0, 0.1) is 0 Å². The van der Waals surface area contributed by atoms with Gasteiger partial charge in [-0.25, -0.2) is 14.6 Å². The molecule has 130 valence electrons. The maximum Gasteiger partial charge on any atom is 0.421 e. The van der Waals surface area contributed by atoms with Gasteiger partial charge in [0, 0.05) is 31.0 Å². The minimum Gasteiger partial charge on any atom is -0.453 e. The summed E-state index contributed by atoms with van der Waals surface area (Å²) in [4.78, 5) is 27.4. The highest BCUT2D eigenvalue weighted by molar-refractivity contribution is 5.89. The summed E-state index contributed by atoms with van der Waals surface area (Å²) < 4.78 is 12.2. The number of amides is 2. The standard InChI is InChI=1S/C17H18N4O4/c1-10(2)19-16(22)20-11-4-6-12(7-5-11)24-13-8-9-18-15-14(13)25-17(23)21(15)3/h4-10H,1-3H3,(H2,19,20,22). The van der Waals surface area contributed by atoms with Gasteiger partial charge in [-0.05, 0) is 38.1 Å². The fourth-order valence-corrected chi connectivity index (χ4v) is 2.24. The summed E-state index contributed by atoms with van der Waals surface area (Å²) in [6.07, 6.45) is 1.54. The molecule has 25 heavy (non-hydrogen) atoms. The molecule has 0 bridgehead atoms. The van der Waals surface area contributed by atoms with E-state index in [2.05, 4.69) is 15.6 Å². The Balaban J connectivity index is 1.77. The number of pyridine rings is 1. The molecule has 8 heteroatoms. The minimum atomic E-state index is -0.505. The smallest absolute Gasteiger partial charge is 0.421 e. The summed E-state index contributed by atoms with van der Waals surface area (Å²) in [6.45, 7) is 3.77. The number of carbonyl (C=O) groups excluding carboxylic acids is 1. The fraction of sp³-hybridized carbons (Fsp3) is 0.235. The Morgan fingerprint density at radius 3 is 2.64 bits per heavy atom. The third-order valence-electron chi connectivity index (χ3n) is 3.39. The van der Waals surface area contributed by atoms with Crippen molar-refractivity contribution in [1.29, 1.82) is 0 Å². The van der Waals surface area contributed by atoms with Crippen LogP contribution < -0.4 is 21.1 Å². The monoisotopic (exact) mass is 342 g/mol. The van der Waals surface area contributed by atoms with Crippen LogP contribution in [0.15, 0.2) is 45.7 Å². The Labute approximate surface area is 143 Å². The lowest BCUT2D eigenvalue weighted by atomic mass is 10.3. The lowest BCUT2D eigenvalue weighted by molar-refractivity contribution is 0.250. The first-order chi connectivity index (χ1) is 11.9. The number of urea groups is 1. The van der Waals surface area contributed by atoms with Crippen LogP contribution in [-0.4, -0.2) is 21.6 Å². The molecule has 0 saturated carbocycles. The largest absolute Gasteiger partial charge is 0.453 e.